The lowest BCUT2D eigenvalue weighted by Gasteiger charge is -2.19. The number of hydrogen-bond donors (Lipinski definition) is 3. The normalized spacial score (nSPS) is 12.8. The summed E-state index contributed by atoms with van der Waals surface area (Å²) in [6.45, 7) is 7.56. The monoisotopic (exact) mass is 428 g/mol. The minimum Gasteiger partial charge on any atom is -0.480 e. The molecule has 0 spiro atoms. The number of nitrogens with one attached hydrogen (secondary N) is 2. The van der Waals surface area contributed by atoms with Crippen molar-refractivity contribution in [2.75, 3.05) is 0 Å². The van der Waals surface area contributed by atoms with Crippen molar-refractivity contribution in [3.8, 4) is 0 Å². The number of carboxylic acids is 1. The molecule has 0 aliphatic heterocycles. The van der Waals surface area contributed by atoms with E-state index < -0.39 is 23.8 Å². The highest BCUT2D eigenvalue weighted by atomic mass is 35.5. The number of amides is 2. The van der Waals surface area contributed by atoms with Gasteiger partial charge in [-0.15, -0.1) is 0 Å². The zero-order chi connectivity index (χ0) is 22.5. The Morgan fingerprint density at radius 1 is 1.00 bits per heavy atom. The first-order valence-electron chi connectivity index (χ1n) is 9.40. The van der Waals surface area contributed by atoms with Gasteiger partial charge in [0.15, 0.2) is 0 Å². The average Bonchev–Trinajstić information content (AvgIpc) is 2.68. The van der Waals surface area contributed by atoms with E-state index in [1.54, 1.807) is 36.4 Å². The fourth-order valence-corrected chi connectivity index (χ4v) is 2.66. The van der Waals surface area contributed by atoms with Crippen LogP contribution in [0.1, 0.15) is 49.2 Å². The molecule has 0 radical (unpaired) electrons. The van der Waals surface area contributed by atoms with Crippen molar-refractivity contribution in [1.29, 1.82) is 0 Å². The van der Waals surface area contributed by atoms with Crippen molar-refractivity contribution < 1.29 is 19.5 Å². The van der Waals surface area contributed by atoms with Gasteiger partial charge in [0, 0.05) is 10.6 Å². The molecular formula is C23H25ClN2O4. The molecule has 158 valence electrons. The Bertz CT molecular complexity index is 958. The van der Waals surface area contributed by atoms with Gasteiger partial charge in [0.05, 0.1) is 0 Å². The van der Waals surface area contributed by atoms with E-state index in [0.717, 1.165) is 5.56 Å². The number of hydrogen-bond acceptors (Lipinski definition) is 3. The fraction of sp³-hybridized carbons (Fsp3) is 0.261. The van der Waals surface area contributed by atoms with Gasteiger partial charge < -0.3 is 15.7 Å². The molecule has 3 N–H and O–H groups in total. The number of aliphatic carboxylic acids is 1. The lowest BCUT2D eigenvalue weighted by molar-refractivity contribution is -0.140. The van der Waals surface area contributed by atoms with Gasteiger partial charge in [-0.05, 0) is 53.8 Å². The van der Waals surface area contributed by atoms with Crippen LogP contribution >= 0.6 is 11.6 Å². The maximum absolute atomic E-state index is 12.7. The second-order valence-corrected chi connectivity index (χ2v) is 8.36. The maximum Gasteiger partial charge on any atom is 0.325 e. The van der Waals surface area contributed by atoms with E-state index in [2.05, 4.69) is 31.4 Å². The molecule has 2 rings (SSSR count). The summed E-state index contributed by atoms with van der Waals surface area (Å²) < 4.78 is 0. The number of rotatable bonds is 6. The quantitative estimate of drug-likeness (QED) is 0.606. The van der Waals surface area contributed by atoms with Gasteiger partial charge in [0.2, 0.25) is 0 Å². The highest BCUT2D eigenvalue weighted by Crippen LogP contribution is 2.22. The third-order valence-corrected chi connectivity index (χ3v) is 4.66. The summed E-state index contributed by atoms with van der Waals surface area (Å²) in [5.74, 6) is -2.37. The molecule has 1 atom stereocenters. The molecule has 2 aromatic carbocycles. The van der Waals surface area contributed by atoms with Crippen LogP contribution < -0.4 is 10.6 Å². The zero-order valence-electron chi connectivity index (χ0n) is 17.3. The van der Waals surface area contributed by atoms with E-state index in [-0.39, 0.29) is 11.1 Å². The van der Waals surface area contributed by atoms with Crippen LogP contribution in [-0.2, 0) is 15.0 Å². The van der Waals surface area contributed by atoms with E-state index in [9.17, 15) is 14.4 Å². The first-order chi connectivity index (χ1) is 14.0. The van der Waals surface area contributed by atoms with Gasteiger partial charge in [0.25, 0.3) is 11.8 Å². The van der Waals surface area contributed by atoms with Crippen molar-refractivity contribution in [3.63, 3.8) is 0 Å². The molecule has 7 heteroatoms. The molecule has 0 aliphatic carbocycles. The average molecular weight is 429 g/mol. The first-order valence-corrected chi connectivity index (χ1v) is 9.78. The number of carbonyl (C=O) groups excluding carboxylic acids is 2. The molecule has 0 aromatic heterocycles. The molecule has 30 heavy (non-hydrogen) atoms. The van der Waals surface area contributed by atoms with Gasteiger partial charge in [-0.25, -0.2) is 0 Å². The topological polar surface area (TPSA) is 95.5 Å². The number of carboxylic acid groups (broad SMARTS) is 1. The lowest BCUT2D eigenvalue weighted by Crippen LogP contribution is -2.42. The van der Waals surface area contributed by atoms with Crippen LogP contribution in [-0.4, -0.2) is 28.9 Å². The number of halogens is 1. The summed E-state index contributed by atoms with van der Waals surface area (Å²) in [6, 6.07) is 12.6. The van der Waals surface area contributed by atoms with Crippen LogP contribution in [0.2, 0.25) is 5.02 Å². The molecule has 0 fully saturated rings. The maximum atomic E-state index is 12.7. The predicted octanol–water partition coefficient (Wildman–Crippen LogP) is 4.00. The second kappa shape index (κ2) is 9.59. The molecule has 0 aliphatic rings. The Hall–Kier alpha value is -3.12. The molecule has 0 bridgehead atoms. The van der Waals surface area contributed by atoms with Crippen LogP contribution in [0.25, 0.3) is 6.08 Å². The Labute approximate surface area is 180 Å². The molecular weight excluding hydrogens is 404 g/mol. The summed E-state index contributed by atoms with van der Waals surface area (Å²) in [7, 11) is 0. The van der Waals surface area contributed by atoms with Crippen molar-refractivity contribution in [2.45, 2.75) is 39.2 Å². The molecule has 2 amide bonds. The summed E-state index contributed by atoms with van der Waals surface area (Å²) in [6.07, 6.45) is 1.46. The Kier molecular flexibility index (Phi) is 7.40. The van der Waals surface area contributed by atoms with Gasteiger partial charge in [0.1, 0.15) is 11.7 Å². The van der Waals surface area contributed by atoms with E-state index >= 15 is 0 Å². The van der Waals surface area contributed by atoms with Crippen LogP contribution in [0.5, 0.6) is 0 Å². The first kappa shape index (κ1) is 23.2. The van der Waals surface area contributed by atoms with Crippen molar-refractivity contribution in [2.24, 2.45) is 0 Å². The van der Waals surface area contributed by atoms with Crippen LogP contribution in [0, 0.1) is 0 Å². The third-order valence-electron chi connectivity index (χ3n) is 4.40. The van der Waals surface area contributed by atoms with Gasteiger partial charge in [-0.2, -0.15) is 0 Å². The van der Waals surface area contributed by atoms with Gasteiger partial charge >= 0.3 is 5.97 Å². The zero-order valence-corrected chi connectivity index (χ0v) is 18.1. The van der Waals surface area contributed by atoms with Crippen LogP contribution in [0.3, 0.4) is 0 Å². The fourth-order valence-electron chi connectivity index (χ4n) is 2.54. The Morgan fingerprint density at radius 3 is 2.07 bits per heavy atom. The summed E-state index contributed by atoms with van der Waals surface area (Å²) in [5, 5.41) is 14.5. The highest BCUT2D eigenvalue weighted by Gasteiger charge is 2.20. The summed E-state index contributed by atoms with van der Waals surface area (Å²) in [5.41, 5.74) is 1.95. The largest absolute Gasteiger partial charge is 0.480 e. The van der Waals surface area contributed by atoms with E-state index in [1.165, 1.54) is 13.0 Å². The highest BCUT2D eigenvalue weighted by molar-refractivity contribution is 6.30. The smallest absolute Gasteiger partial charge is 0.325 e. The summed E-state index contributed by atoms with van der Waals surface area (Å²) >= 11 is 5.89. The van der Waals surface area contributed by atoms with Crippen molar-refractivity contribution >= 4 is 35.5 Å². The molecule has 0 heterocycles. The Morgan fingerprint density at radius 2 is 1.57 bits per heavy atom. The van der Waals surface area contributed by atoms with Gasteiger partial charge in [-0.1, -0.05) is 56.6 Å². The van der Waals surface area contributed by atoms with E-state index in [1.807, 2.05) is 12.1 Å². The third kappa shape index (κ3) is 6.46. The number of carbonyl (C=O) groups is 3. The van der Waals surface area contributed by atoms with Crippen LogP contribution in [0.15, 0.2) is 54.2 Å². The SMILES string of the molecule is C[C@@H](NC(=O)/C(=C/c1ccc(Cl)cc1)NC(=O)c1ccc(C(C)(C)C)cc1)C(=O)O. The van der Waals surface area contributed by atoms with E-state index in [4.69, 9.17) is 16.7 Å². The molecule has 6 nitrogen and oxygen atoms in total. The molecule has 0 saturated heterocycles. The minimum atomic E-state index is -1.18. The standard InChI is InChI=1S/C23H25ClN2O4/c1-14(22(29)30)25-21(28)19(13-15-5-11-18(24)12-6-15)26-20(27)16-7-9-17(10-8-16)23(2,3)4/h5-14H,1-4H3,(H,25,28)(H,26,27)(H,29,30)/b19-13-/t14-/m1/s1. The minimum absolute atomic E-state index is 0.0541. The van der Waals surface area contributed by atoms with Crippen molar-refractivity contribution in [1.82, 2.24) is 10.6 Å². The van der Waals surface area contributed by atoms with Gasteiger partial charge in [-0.3, -0.25) is 14.4 Å². The predicted molar refractivity (Wildman–Crippen MR) is 117 cm³/mol. The van der Waals surface area contributed by atoms with Crippen LogP contribution in [0.4, 0.5) is 0 Å². The van der Waals surface area contributed by atoms with E-state index in [0.29, 0.717) is 16.1 Å². The second-order valence-electron chi connectivity index (χ2n) is 7.92. The van der Waals surface area contributed by atoms with Crippen molar-refractivity contribution in [3.05, 3.63) is 75.9 Å². The Balaban J connectivity index is 2.29. The molecule has 0 unspecified atom stereocenters. The summed E-state index contributed by atoms with van der Waals surface area (Å²) in [4.78, 5) is 36.4. The number of benzene rings is 2. The lowest BCUT2D eigenvalue weighted by atomic mass is 9.87. The molecule has 0 saturated carbocycles. The molecule has 2 aromatic rings.